The third-order valence-electron chi connectivity index (χ3n) is 4.16. The molecule has 2 aromatic carbocycles. The van der Waals surface area contributed by atoms with Crippen molar-refractivity contribution in [2.45, 2.75) is 20.8 Å². The Hall–Kier alpha value is -2.70. The predicted molar refractivity (Wildman–Crippen MR) is 112 cm³/mol. The van der Waals surface area contributed by atoms with Gasteiger partial charge in [0.1, 0.15) is 0 Å². The Kier molecular flexibility index (Phi) is 5.28. The topological polar surface area (TPSA) is 75.8 Å². The predicted octanol–water partition coefficient (Wildman–Crippen LogP) is 5.73. The molecule has 28 heavy (non-hydrogen) atoms. The number of amides is 1. The maximum absolute atomic E-state index is 13.1. The molecule has 0 aromatic heterocycles. The van der Waals surface area contributed by atoms with Crippen molar-refractivity contribution in [3.05, 3.63) is 73.8 Å². The van der Waals surface area contributed by atoms with E-state index in [0.29, 0.717) is 32.6 Å². The van der Waals surface area contributed by atoms with Crippen molar-refractivity contribution in [3.63, 3.8) is 0 Å². The highest BCUT2D eigenvalue weighted by molar-refractivity contribution is 6.37. The number of nitrogens with zero attached hydrogens (tertiary/aromatic N) is 3. The molecule has 6 nitrogen and oxygen atoms in total. The minimum Gasteiger partial charge on any atom is -0.267 e. The molecule has 0 unspecified atom stereocenters. The number of non-ortho nitro benzene ring substituents is 1. The minimum absolute atomic E-state index is 0.0564. The summed E-state index contributed by atoms with van der Waals surface area (Å²) in [6, 6.07) is 10.7. The number of halogens is 2. The van der Waals surface area contributed by atoms with Gasteiger partial charge in [-0.25, -0.2) is 0 Å². The van der Waals surface area contributed by atoms with Gasteiger partial charge < -0.3 is 0 Å². The van der Waals surface area contributed by atoms with Crippen molar-refractivity contribution < 1.29 is 9.72 Å². The molecule has 0 saturated heterocycles. The highest BCUT2D eigenvalue weighted by Crippen LogP contribution is 2.34. The van der Waals surface area contributed by atoms with E-state index in [9.17, 15) is 14.9 Å². The lowest BCUT2D eigenvalue weighted by Gasteiger charge is -2.18. The molecule has 144 valence electrons. The summed E-state index contributed by atoms with van der Waals surface area (Å²) >= 11 is 12.2. The van der Waals surface area contributed by atoms with Gasteiger partial charge in [-0.2, -0.15) is 10.1 Å². The summed E-state index contributed by atoms with van der Waals surface area (Å²) < 4.78 is 0. The molecular formula is C20H17Cl2N3O3. The van der Waals surface area contributed by atoms with Crippen LogP contribution < -0.4 is 5.01 Å². The summed E-state index contributed by atoms with van der Waals surface area (Å²) in [4.78, 5) is 23.5. The molecule has 1 aliphatic heterocycles. The molecular weight excluding hydrogens is 401 g/mol. The number of rotatable bonds is 3. The summed E-state index contributed by atoms with van der Waals surface area (Å²) in [5.41, 5.74) is 1.64. The normalized spacial score (nSPS) is 15.9. The monoisotopic (exact) mass is 417 g/mol. The van der Waals surface area contributed by atoms with Gasteiger partial charge in [0.15, 0.2) is 0 Å². The number of nitro groups is 1. The first-order chi connectivity index (χ1) is 13.1. The summed E-state index contributed by atoms with van der Waals surface area (Å²) in [7, 11) is 0. The smallest absolute Gasteiger partial charge is 0.267 e. The molecule has 0 fully saturated rings. The van der Waals surface area contributed by atoms with E-state index in [1.165, 1.54) is 29.3 Å². The summed E-state index contributed by atoms with van der Waals surface area (Å²) in [6.45, 7) is 5.86. The van der Waals surface area contributed by atoms with E-state index in [0.717, 1.165) is 0 Å². The van der Waals surface area contributed by atoms with E-state index in [1.807, 2.05) is 20.8 Å². The SMILES string of the molecule is CC(C)(C)C1=NN(c2ccc([N+](=O)[O-])cc2)C(=O)/C1=C\c1ccc(Cl)cc1Cl. The molecule has 2 aromatic rings. The van der Waals surface area contributed by atoms with Gasteiger partial charge in [-0.1, -0.05) is 50.0 Å². The minimum atomic E-state index is -0.493. The molecule has 3 rings (SSSR count). The summed E-state index contributed by atoms with van der Waals surface area (Å²) in [5.74, 6) is -0.329. The van der Waals surface area contributed by atoms with Gasteiger partial charge in [0.2, 0.25) is 0 Å². The van der Waals surface area contributed by atoms with Crippen LogP contribution in [0.5, 0.6) is 0 Å². The highest BCUT2D eigenvalue weighted by Gasteiger charge is 2.37. The van der Waals surface area contributed by atoms with Crippen LogP contribution in [0.15, 0.2) is 53.1 Å². The molecule has 1 aliphatic rings. The number of nitro benzene ring substituents is 1. The van der Waals surface area contributed by atoms with E-state index in [-0.39, 0.29) is 11.6 Å². The molecule has 0 saturated carbocycles. The lowest BCUT2D eigenvalue weighted by molar-refractivity contribution is -0.384. The zero-order chi connectivity index (χ0) is 20.6. The van der Waals surface area contributed by atoms with E-state index >= 15 is 0 Å². The fraction of sp³-hybridized carbons (Fsp3) is 0.200. The number of benzene rings is 2. The third-order valence-corrected chi connectivity index (χ3v) is 4.72. The van der Waals surface area contributed by atoms with Gasteiger partial charge in [0.05, 0.1) is 21.9 Å². The van der Waals surface area contributed by atoms with Crippen LogP contribution in [-0.2, 0) is 4.79 Å². The molecule has 8 heteroatoms. The summed E-state index contributed by atoms with van der Waals surface area (Å²) in [6.07, 6.45) is 1.69. The number of anilines is 1. The van der Waals surface area contributed by atoms with Crippen molar-refractivity contribution in [1.29, 1.82) is 0 Å². The Balaban J connectivity index is 2.06. The van der Waals surface area contributed by atoms with Gasteiger partial charge in [-0.15, -0.1) is 0 Å². The second-order valence-electron chi connectivity index (χ2n) is 7.31. The van der Waals surface area contributed by atoms with Crippen LogP contribution in [0.4, 0.5) is 11.4 Å². The molecule has 0 bridgehead atoms. The summed E-state index contributed by atoms with van der Waals surface area (Å²) in [5, 5.41) is 17.5. The first kappa shape index (κ1) is 20.0. The van der Waals surface area contributed by atoms with Crippen LogP contribution in [0.25, 0.3) is 6.08 Å². The molecule has 1 heterocycles. The van der Waals surface area contributed by atoms with Crippen LogP contribution >= 0.6 is 23.2 Å². The van der Waals surface area contributed by atoms with Crippen LogP contribution in [0, 0.1) is 15.5 Å². The maximum Gasteiger partial charge on any atom is 0.280 e. The number of hydrogen-bond acceptors (Lipinski definition) is 4. The largest absolute Gasteiger partial charge is 0.280 e. The van der Waals surface area contributed by atoms with Crippen molar-refractivity contribution in [2.24, 2.45) is 10.5 Å². The van der Waals surface area contributed by atoms with Crippen molar-refractivity contribution in [1.82, 2.24) is 0 Å². The standard InChI is InChI=1S/C20H17Cl2N3O3/c1-20(2,3)18-16(10-12-4-5-13(21)11-17(12)22)19(26)24(23-18)14-6-8-15(9-7-14)25(27)28/h4-11H,1-3H3/b16-10-. The van der Waals surface area contributed by atoms with Gasteiger partial charge in [0.25, 0.3) is 11.6 Å². The Morgan fingerprint density at radius 3 is 2.29 bits per heavy atom. The number of hydrazone groups is 1. The van der Waals surface area contributed by atoms with Crippen LogP contribution in [-0.4, -0.2) is 16.5 Å². The lowest BCUT2D eigenvalue weighted by atomic mass is 9.85. The third kappa shape index (κ3) is 3.93. The van der Waals surface area contributed by atoms with Crippen LogP contribution in [0.3, 0.4) is 0 Å². The van der Waals surface area contributed by atoms with Crippen LogP contribution in [0.1, 0.15) is 26.3 Å². The molecule has 0 spiro atoms. The zero-order valence-corrected chi connectivity index (χ0v) is 17.0. The van der Waals surface area contributed by atoms with Crippen molar-refractivity contribution in [2.75, 3.05) is 5.01 Å². The molecule has 1 amide bonds. The Labute approximate surface area is 172 Å². The van der Waals surface area contributed by atoms with Gasteiger partial charge in [-0.05, 0) is 35.9 Å². The van der Waals surface area contributed by atoms with Crippen LogP contribution in [0.2, 0.25) is 10.0 Å². The molecule has 0 aliphatic carbocycles. The van der Waals surface area contributed by atoms with Gasteiger partial charge >= 0.3 is 0 Å². The first-order valence-electron chi connectivity index (χ1n) is 8.43. The average molecular weight is 418 g/mol. The van der Waals surface area contributed by atoms with E-state index in [1.54, 1.807) is 24.3 Å². The van der Waals surface area contributed by atoms with Gasteiger partial charge in [0, 0.05) is 27.6 Å². The average Bonchev–Trinajstić information content (AvgIpc) is 2.94. The number of carbonyl (C=O) groups excluding carboxylic acids is 1. The van der Waals surface area contributed by atoms with Gasteiger partial charge in [-0.3, -0.25) is 14.9 Å². The fourth-order valence-electron chi connectivity index (χ4n) is 2.76. The Bertz CT molecular complexity index is 1020. The fourth-order valence-corrected chi connectivity index (χ4v) is 3.23. The maximum atomic E-state index is 13.1. The molecule has 0 atom stereocenters. The highest BCUT2D eigenvalue weighted by atomic mass is 35.5. The first-order valence-corrected chi connectivity index (χ1v) is 9.18. The Morgan fingerprint density at radius 1 is 1.11 bits per heavy atom. The van der Waals surface area contributed by atoms with E-state index in [2.05, 4.69) is 5.10 Å². The number of carbonyl (C=O) groups is 1. The number of hydrogen-bond donors (Lipinski definition) is 0. The van der Waals surface area contributed by atoms with E-state index in [4.69, 9.17) is 23.2 Å². The Morgan fingerprint density at radius 2 is 1.75 bits per heavy atom. The van der Waals surface area contributed by atoms with Crippen molar-refractivity contribution in [3.8, 4) is 0 Å². The molecule has 0 radical (unpaired) electrons. The lowest BCUT2D eigenvalue weighted by Crippen LogP contribution is -2.24. The zero-order valence-electron chi connectivity index (χ0n) is 15.4. The van der Waals surface area contributed by atoms with E-state index < -0.39 is 10.3 Å². The second kappa shape index (κ2) is 7.37. The van der Waals surface area contributed by atoms with Crippen molar-refractivity contribution >= 4 is 52.3 Å². The second-order valence-corrected chi connectivity index (χ2v) is 8.16. The quantitative estimate of drug-likeness (QED) is 0.363. The molecule has 0 N–H and O–H groups in total.